The molecule has 0 saturated carbocycles. The van der Waals surface area contributed by atoms with Crippen LogP contribution in [0, 0.1) is 0 Å². The fraction of sp³-hybridized carbons (Fsp3) is 0.417. The first-order valence-electron chi connectivity index (χ1n) is 5.93. The van der Waals surface area contributed by atoms with Crippen molar-refractivity contribution in [3.63, 3.8) is 0 Å². The third-order valence-electron chi connectivity index (χ3n) is 2.67. The molecule has 1 rings (SSSR count). The second kappa shape index (κ2) is 7.29. The number of carbonyl (C=O) groups is 3. The van der Waals surface area contributed by atoms with Crippen molar-refractivity contribution in [3.05, 3.63) is 24.2 Å². The van der Waals surface area contributed by atoms with Gasteiger partial charge in [-0.25, -0.2) is 4.79 Å². The molecule has 0 radical (unpaired) electrons. The normalized spacial score (nSPS) is 11.9. The Bertz CT molecular complexity index is 471. The van der Waals surface area contributed by atoms with Crippen molar-refractivity contribution < 1.29 is 23.9 Å². The lowest BCUT2D eigenvalue weighted by Gasteiger charge is -2.19. The zero-order valence-electron chi connectivity index (χ0n) is 11.3. The van der Waals surface area contributed by atoms with Crippen LogP contribution in [0.25, 0.3) is 0 Å². The summed E-state index contributed by atoms with van der Waals surface area (Å²) in [6.07, 6.45) is 1.47. The summed E-state index contributed by atoms with van der Waals surface area (Å²) in [7, 11) is 1.49. The van der Waals surface area contributed by atoms with E-state index in [0.29, 0.717) is 5.76 Å². The first-order valence-corrected chi connectivity index (χ1v) is 5.93. The molecule has 0 aliphatic carbocycles. The zero-order chi connectivity index (χ0) is 15.1. The van der Waals surface area contributed by atoms with Crippen LogP contribution < -0.4 is 10.6 Å². The largest absolute Gasteiger partial charge is 0.480 e. The Kier molecular flexibility index (Phi) is 5.73. The van der Waals surface area contributed by atoms with E-state index in [2.05, 4.69) is 10.6 Å². The maximum absolute atomic E-state index is 11.5. The van der Waals surface area contributed by atoms with Gasteiger partial charge in [0.2, 0.25) is 5.91 Å². The molecule has 0 aliphatic heterocycles. The van der Waals surface area contributed by atoms with Crippen LogP contribution in [0.3, 0.4) is 0 Å². The fourth-order valence-corrected chi connectivity index (χ4v) is 1.34. The van der Waals surface area contributed by atoms with Crippen molar-refractivity contribution in [2.75, 3.05) is 13.6 Å². The van der Waals surface area contributed by atoms with Crippen molar-refractivity contribution >= 4 is 17.9 Å². The van der Waals surface area contributed by atoms with Gasteiger partial charge in [-0.15, -0.1) is 0 Å². The Hall–Kier alpha value is -2.35. The van der Waals surface area contributed by atoms with Gasteiger partial charge in [0.15, 0.2) is 0 Å². The van der Waals surface area contributed by atoms with Crippen LogP contribution in [0.4, 0.5) is 4.79 Å². The Morgan fingerprint density at radius 1 is 1.45 bits per heavy atom. The summed E-state index contributed by atoms with van der Waals surface area (Å²) in [6, 6.07) is 1.89. The number of imide groups is 1. The number of carboxylic acid groups (broad SMARTS) is 1. The number of amides is 3. The van der Waals surface area contributed by atoms with E-state index in [0.717, 1.165) is 0 Å². The van der Waals surface area contributed by atoms with Crippen LogP contribution >= 0.6 is 0 Å². The molecule has 8 heteroatoms. The quantitative estimate of drug-likeness (QED) is 0.678. The highest BCUT2D eigenvalue weighted by atomic mass is 16.4. The van der Waals surface area contributed by atoms with Gasteiger partial charge in [0.25, 0.3) is 0 Å². The van der Waals surface area contributed by atoms with E-state index in [4.69, 9.17) is 9.52 Å². The average Bonchev–Trinajstić information content (AvgIpc) is 2.88. The smallest absolute Gasteiger partial charge is 0.321 e. The third kappa shape index (κ3) is 5.11. The minimum Gasteiger partial charge on any atom is -0.480 e. The van der Waals surface area contributed by atoms with E-state index in [1.54, 1.807) is 12.1 Å². The summed E-state index contributed by atoms with van der Waals surface area (Å²) in [6.45, 7) is 1.42. The molecule has 0 aromatic carbocycles. The number of nitrogens with one attached hydrogen (secondary N) is 2. The molecule has 0 bridgehead atoms. The van der Waals surface area contributed by atoms with Crippen molar-refractivity contribution in [1.29, 1.82) is 0 Å². The summed E-state index contributed by atoms with van der Waals surface area (Å²) in [5.74, 6) is -1.07. The predicted molar refractivity (Wildman–Crippen MR) is 68.8 cm³/mol. The highest BCUT2D eigenvalue weighted by molar-refractivity contribution is 5.95. The summed E-state index contributed by atoms with van der Waals surface area (Å²) in [5, 5.41) is 13.3. The number of likely N-dealkylation sites (N-methyl/N-ethyl adjacent to an activating group) is 1. The van der Waals surface area contributed by atoms with Gasteiger partial charge in [0.05, 0.1) is 19.4 Å². The molecule has 0 fully saturated rings. The monoisotopic (exact) mass is 283 g/mol. The summed E-state index contributed by atoms with van der Waals surface area (Å²) in [4.78, 5) is 35.0. The van der Waals surface area contributed by atoms with Gasteiger partial charge in [-0.2, -0.15) is 0 Å². The second-order valence-electron chi connectivity index (χ2n) is 4.24. The SMILES string of the molecule is CC(C(=O)O)N(C)CC(=O)NC(=O)NCc1ccco1. The Balaban J connectivity index is 2.31. The fourth-order valence-electron chi connectivity index (χ4n) is 1.34. The van der Waals surface area contributed by atoms with E-state index in [1.807, 2.05) is 0 Å². The number of hydrogen-bond donors (Lipinski definition) is 3. The molecule has 110 valence electrons. The van der Waals surface area contributed by atoms with Gasteiger partial charge in [-0.3, -0.25) is 19.8 Å². The second-order valence-corrected chi connectivity index (χ2v) is 4.24. The molecule has 1 heterocycles. The van der Waals surface area contributed by atoms with E-state index in [-0.39, 0.29) is 13.1 Å². The number of hydrogen-bond acceptors (Lipinski definition) is 5. The topological polar surface area (TPSA) is 112 Å². The molecule has 0 spiro atoms. The predicted octanol–water partition coefficient (Wildman–Crippen LogP) is 0.0103. The molecule has 8 nitrogen and oxygen atoms in total. The molecule has 20 heavy (non-hydrogen) atoms. The van der Waals surface area contributed by atoms with Gasteiger partial charge in [0.1, 0.15) is 11.8 Å². The van der Waals surface area contributed by atoms with Gasteiger partial charge >= 0.3 is 12.0 Å². The molecule has 1 atom stereocenters. The maximum Gasteiger partial charge on any atom is 0.321 e. The van der Waals surface area contributed by atoms with E-state index in [1.165, 1.54) is 25.1 Å². The van der Waals surface area contributed by atoms with Crippen molar-refractivity contribution in [2.45, 2.75) is 19.5 Å². The van der Waals surface area contributed by atoms with Gasteiger partial charge in [-0.05, 0) is 26.1 Å². The maximum atomic E-state index is 11.5. The van der Waals surface area contributed by atoms with Crippen molar-refractivity contribution in [1.82, 2.24) is 15.5 Å². The van der Waals surface area contributed by atoms with Gasteiger partial charge in [0, 0.05) is 0 Å². The van der Waals surface area contributed by atoms with E-state index < -0.39 is 23.9 Å². The third-order valence-corrected chi connectivity index (χ3v) is 2.67. The molecule has 3 N–H and O–H groups in total. The van der Waals surface area contributed by atoms with Crippen molar-refractivity contribution in [2.24, 2.45) is 0 Å². The van der Waals surface area contributed by atoms with Crippen LogP contribution in [0.1, 0.15) is 12.7 Å². The number of urea groups is 1. The zero-order valence-corrected chi connectivity index (χ0v) is 11.3. The molecule has 1 unspecified atom stereocenters. The van der Waals surface area contributed by atoms with E-state index in [9.17, 15) is 14.4 Å². The molecular formula is C12H17N3O5. The van der Waals surface area contributed by atoms with Crippen molar-refractivity contribution in [3.8, 4) is 0 Å². The van der Waals surface area contributed by atoms with Crippen LogP contribution in [-0.2, 0) is 16.1 Å². The van der Waals surface area contributed by atoms with Crippen LogP contribution in [0.15, 0.2) is 22.8 Å². The number of carboxylic acids is 1. The number of furan rings is 1. The van der Waals surface area contributed by atoms with E-state index >= 15 is 0 Å². The standard InChI is InChI=1S/C12H17N3O5/c1-8(11(17)18)15(2)7-10(16)14-12(19)13-6-9-4-3-5-20-9/h3-5,8H,6-7H2,1-2H3,(H,17,18)(H2,13,14,16,19). The summed E-state index contributed by atoms with van der Waals surface area (Å²) in [5.41, 5.74) is 0. The lowest BCUT2D eigenvalue weighted by molar-refractivity contribution is -0.142. The van der Waals surface area contributed by atoms with Gasteiger partial charge < -0.3 is 14.8 Å². The minimum atomic E-state index is -1.04. The highest BCUT2D eigenvalue weighted by Crippen LogP contribution is 1.98. The summed E-state index contributed by atoms with van der Waals surface area (Å²) >= 11 is 0. The number of aliphatic carboxylic acids is 1. The molecule has 1 aromatic rings. The lowest BCUT2D eigenvalue weighted by atomic mass is 10.3. The molecular weight excluding hydrogens is 266 g/mol. The van der Waals surface area contributed by atoms with Crippen LogP contribution in [0.5, 0.6) is 0 Å². The Morgan fingerprint density at radius 3 is 2.70 bits per heavy atom. The Labute approximate surface area is 115 Å². The van der Waals surface area contributed by atoms with Gasteiger partial charge in [-0.1, -0.05) is 0 Å². The van der Waals surface area contributed by atoms with Crippen LogP contribution in [0.2, 0.25) is 0 Å². The first-order chi connectivity index (χ1) is 9.40. The van der Waals surface area contributed by atoms with Crippen LogP contribution in [-0.4, -0.2) is 47.5 Å². The number of nitrogens with zero attached hydrogens (tertiary/aromatic N) is 1. The molecule has 1 aromatic heterocycles. The number of carbonyl (C=O) groups excluding carboxylic acids is 2. The Morgan fingerprint density at radius 2 is 2.15 bits per heavy atom. The minimum absolute atomic E-state index is 0.160. The number of rotatable bonds is 6. The lowest BCUT2D eigenvalue weighted by Crippen LogP contribution is -2.46. The average molecular weight is 283 g/mol. The molecule has 0 saturated heterocycles. The first kappa shape index (κ1) is 15.7. The molecule has 0 aliphatic rings. The summed E-state index contributed by atoms with van der Waals surface area (Å²) < 4.78 is 5.01. The highest BCUT2D eigenvalue weighted by Gasteiger charge is 2.19. The molecule has 3 amide bonds.